The Labute approximate surface area is 231 Å². The quantitative estimate of drug-likeness (QED) is 0.253. The van der Waals surface area contributed by atoms with Gasteiger partial charge >= 0.3 is 5.97 Å². The molecule has 2 aliphatic rings. The summed E-state index contributed by atoms with van der Waals surface area (Å²) in [5.74, 6) is 2.65. The molecule has 1 heterocycles. The molecule has 3 atom stereocenters. The number of ether oxygens (including phenoxy) is 6. The number of carbonyl (C=O) groups is 1. The molecule has 0 bridgehead atoms. The van der Waals surface area contributed by atoms with E-state index in [0.29, 0.717) is 54.3 Å². The van der Waals surface area contributed by atoms with E-state index >= 15 is 0 Å². The van der Waals surface area contributed by atoms with Crippen LogP contribution in [0, 0.1) is 17.8 Å². The van der Waals surface area contributed by atoms with Crippen LogP contribution in [0.5, 0.6) is 28.7 Å². The van der Waals surface area contributed by atoms with Crippen molar-refractivity contribution in [2.24, 2.45) is 17.8 Å². The zero-order valence-electron chi connectivity index (χ0n) is 24.0. The highest BCUT2D eigenvalue weighted by Gasteiger charge is 2.49. The van der Waals surface area contributed by atoms with Crippen LogP contribution < -0.4 is 23.7 Å². The fourth-order valence-electron chi connectivity index (χ4n) is 5.63. The highest BCUT2D eigenvalue weighted by atomic mass is 16.5. The van der Waals surface area contributed by atoms with Gasteiger partial charge in [0.1, 0.15) is 6.61 Å². The van der Waals surface area contributed by atoms with Gasteiger partial charge in [0.25, 0.3) is 0 Å². The van der Waals surface area contributed by atoms with Crippen molar-refractivity contribution in [1.29, 1.82) is 0 Å². The summed E-state index contributed by atoms with van der Waals surface area (Å²) < 4.78 is 34.6. The van der Waals surface area contributed by atoms with Crippen molar-refractivity contribution < 1.29 is 33.2 Å². The molecule has 1 saturated heterocycles. The molecule has 0 saturated carbocycles. The summed E-state index contributed by atoms with van der Waals surface area (Å²) in [5.41, 5.74) is 4.12. The van der Waals surface area contributed by atoms with Crippen LogP contribution in [0.4, 0.5) is 0 Å². The standard InChI is InChI=1S/C32H40O7/c1-19(2)9-8-10-20(3)13-14-38-25-16-21(11-12-24(25)34-4)27-28-22(15-23-18-39-32(33)29(23)27)17-26(35-5)30(36-6)31(28)37-7/h8-9,11-13,16-17,19,23,27,29H,10,14-15,18H2,1-7H3/b9-8+,20-13+/t23-,27-,29-/m0/s1. The Morgan fingerprint density at radius 3 is 2.41 bits per heavy atom. The summed E-state index contributed by atoms with van der Waals surface area (Å²) in [4.78, 5) is 13.1. The lowest BCUT2D eigenvalue weighted by Crippen LogP contribution is -2.32. The number of methoxy groups -OCH3 is 4. The molecule has 0 aromatic heterocycles. The normalized spacial score (nSPS) is 20.5. The average Bonchev–Trinajstić information content (AvgIpc) is 3.30. The maximum Gasteiger partial charge on any atom is 0.310 e. The maximum absolute atomic E-state index is 13.1. The number of carbonyl (C=O) groups excluding carboxylic acids is 1. The van der Waals surface area contributed by atoms with Crippen molar-refractivity contribution >= 4 is 5.97 Å². The average molecular weight is 537 g/mol. The molecule has 0 spiro atoms. The number of cyclic esters (lactones) is 1. The second-order valence-electron chi connectivity index (χ2n) is 10.5. The van der Waals surface area contributed by atoms with Crippen LogP contribution in [0.3, 0.4) is 0 Å². The highest BCUT2D eigenvalue weighted by molar-refractivity contribution is 5.79. The number of allylic oxidation sites excluding steroid dienone is 3. The molecule has 2 aromatic carbocycles. The predicted molar refractivity (Wildman–Crippen MR) is 150 cm³/mol. The zero-order chi connectivity index (χ0) is 28.1. The SMILES string of the molecule is COc1ccc([C@H]2c3c(cc(OC)c(OC)c3OC)C[C@H]3COC(=O)[C@@H]32)cc1OC/C=C(\C)C/C=C/C(C)C. The van der Waals surface area contributed by atoms with Gasteiger partial charge in [-0.05, 0) is 61.1 Å². The van der Waals surface area contributed by atoms with E-state index in [2.05, 4.69) is 39.0 Å². The molecule has 0 N–H and O–H groups in total. The topological polar surface area (TPSA) is 72.5 Å². The van der Waals surface area contributed by atoms with Crippen LogP contribution in [-0.4, -0.2) is 47.6 Å². The number of hydrogen-bond donors (Lipinski definition) is 0. The molecule has 1 aliphatic carbocycles. The number of benzene rings is 2. The molecule has 1 aliphatic heterocycles. The van der Waals surface area contributed by atoms with Crippen molar-refractivity contribution in [1.82, 2.24) is 0 Å². The van der Waals surface area contributed by atoms with E-state index in [1.54, 1.807) is 28.4 Å². The molecule has 0 unspecified atom stereocenters. The summed E-state index contributed by atoms with van der Waals surface area (Å²) in [6, 6.07) is 7.84. The fourth-order valence-corrected chi connectivity index (χ4v) is 5.63. The molecule has 4 rings (SSSR count). The lowest BCUT2D eigenvalue weighted by Gasteiger charge is -2.35. The minimum Gasteiger partial charge on any atom is -0.493 e. The summed E-state index contributed by atoms with van der Waals surface area (Å²) >= 11 is 0. The fraction of sp³-hybridized carbons (Fsp3) is 0.469. The molecule has 39 heavy (non-hydrogen) atoms. The van der Waals surface area contributed by atoms with Crippen LogP contribution in [0.15, 0.2) is 48.1 Å². The Morgan fingerprint density at radius 2 is 1.74 bits per heavy atom. The van der Waals surface area contributed by atoms with Gasteiger partial charge in [0.15, 0.2) is 23.0 Å². The first-order valence-corrected chi connectivity index (χ1v) is 13.4. The molecule has 0 amide bonds. The molecule has 1 fully saturated rings. The Morgan fingerprint density at radius 1 is 1.00 bits per heavy atom. The summed E-state index contributed by atoms with van der Waals surface area (Å²) in [7, 11) is 6.44. The third kappa shape index (κ3) is 5.87. The molecule has 2 aromatic rings. The molecular weight excluding hydrogens is 496 g/mol. The highest BCUT2D eigenvalue weighted by Crippen LogP contribution is 2.55. The van der Waals surface area contributed by atoms with E-state index in [0.717, 1.165) is 23.1 Å². The maximum atomic E-state index is 13.1. The molecule has 7 nitrogen and oxygen atoms in total. The smallest absolute Gasteiger partial charge is 0.310 e. The first-order valence-electron chi connectivity index (χ1n) is 13.4. The molecule has 210 valence electrons. The predicted octanol–water partition coefficient (Wildman–Crippen LogP) is 6.13. The van der Waals surface area contributed by atoms with Crippen LogP contribution in [0.1, 0.15) is 49.8 Å². The van der Waals surface area contributed by atoms with Gasteiger partial charge in [0, 0.05) is 17.4 Å². The van der Waals surface area contributed by atoms with E-state index in [4.69, 9.17) is 28.4 Å². The number of rotatable bonds is 11. The third-order valence-electron chi connectivity index (χ3n) is 7.50. The molecule has 0 radical (unpaired) electrons. The third-order valence-corrected chi connectivity index (χ3v) is 7.50. The van der Waals surface area contributed by atoms with Gasteiger partial charge in [0.05, 0.1) is 41.0 Å². The van der Waals surface area contributed by atoms with E-state index in [1.165, 1.54) is 5.57 Å². The summed E-state index contributed by atoms with van der Waals surface area (Å²) in [5, 5.41) is 0. The van der Waals surface area contributed by atoms with Crippen LogP contribution >= 0.6 is 0 Å². The van der Waals surface area contributed by atoms with Gasteiger partial charge in [-0.2, -0.15) is 0 Å². The first-order chi connectivity index (χ1) is 18.8. The molecule has 7 heteroatoms. The lowest BCUT2D eigenvalue weighted by molar-refractivity contribution is -0.141. The van der Waals surface area contributed by atoms with Gasteiger partial charge in [-0.15, -0.1) is 0 Å². The monoisotopic (exact) mass is 536 g/mol. The minimum absolute atomic E-state index is 0.0498. The summed E-state index contributed by atoms with van der Waals surface area (Å²) in [6.07, 6.45) is 8.04. The van der Waals surface area contributed by atoms with Crippen LogP contribution in [-0.2, 0) is 16.0 Å². The van der Waals surface area contributed by atoms with Gasteiger partial charge in [0.2, 0.25) is 5.75 Å². The zero-order valence-corrected chi connectivity index (χ0v) is 24.0. The van der Waals surface area contributed by atoms with Crippen LogP contribution in [0.2, 0.25) is 0 Å². The number of hydrogen-bond acceptors (Lipinski definition) is 7. The number of fused-ring (bicyclic) bond motifs is 2. The lowest BCUT2D eigenvalue weighted by atomic mass is 9.67. The van der Waals surface area contributed by atoms with E-state index in [1.807, 2.05) is 24.3 Å². The second-order valence-corrected chi connectivity index (χ2v) is 10.5. The van der Waals surface area contributed by atoms with Gasteiger partial charge in [-0.25, -0.2) is 0 Å². The van der Waals surface area contributed by atoms with Crippen molar-refractivity contribution in [3.05, 3.63) is 64.8 Å². The second kappa shape index (κ2) is 12.5. The number of esters is 1. The van der Waals surface area contributed by atoms with E-state index < -0.39 is 0 Å². The van der Waals surface area contributed by atoms with Crippen molar-refractivity contribution in [3.8, 4) is 28.7 Å². The van der Waals surface area contributed by atoms with Gasteiger partial charge < -0.3 is 28.4 Å². The molecular formula is C32H40O7. The Kier molecular flexibility index (Phi) is 9.10. The Bertz CT molecular complexity index is 1240. The van der Waals surface area contributed by atoms with Crippen molar-refractivity contribution in [2.45, 2.75) is 39.5 Å². The largest absolute Gasteiger partial charge is 0.493 e. The van der Waals surface area contributed by atoms with Gasteiger partial charge in [-0.1, -0.05) is 37.6 Å². The van der Waals surface area contributed by atoms with Crippen LogP contribution in [0.25, 0.3) is 0 Å². The van der Waals surface area contributed by atoms with E-state index in [9.17, 15) is 4.79 Å². The summed E-state index contributed by atoms with van der Waals surface area (Å²) in [6.45, 7) is 7.23. The first kappa shape index (κ1) is 28.4. The van der Waals surface area contributed by atoms with Crippen molar-refractivity contribution in [3.63, 3.8) is 0 Å². The van der Waals surface area contributed by atoms with Crippen molar-refractivity contribution in [2.75, 3.05) is 41.7 Å². The van der Waals surface area contributed by atoms with Gasteiger partial charge in [-0.3, -0.25) is 4.79 Å². The Hall–Kier alpha value is -3.61. The minimum atomic E-state index is -0.347. The Balaban J connectivity index is 1.74. The van der Waals surface area contributed by atoms with E-state index in [-0.39, 0.29) is 23.7 Å².